The van der Waals surface area contributed by atoms with E-state index in [1.54, 1.807) is 0 Å². The summed E-state index contributed by atoms with van der Waals surface area (Å²) in [5.74, 6) is 2.83. The fourth-order valence-corrected chi connectivity index (χ4v) is 27.4. The van der Waals surface area contributed by atoms with E-state index in [0.717, 1.165) is 79.9 Å². The zero-order valence-corrected chi connectivity index (χ0v) is 48.3. The van der Waals surface area contributed by atoms with Gasteiger partial charge in [0.2, 0.25) is 0 Å². The van der Waals surface area contributed by atoms with Crippen molar-refractivity contribution in [1.29, 1.82) is 0 Å². The second-order valence-electron chi connectivity index (χ2n) is 20.7. The van der Waals surface area contributed by atoms with E-state index in [1.807, 2.05) is 0 Å². The third kappa shape index (κ3) is 7.50. The molecule has 11 aromatic carbocycles. The van der Waals surface area contributed by atoms with E-state index in [1.165, 1.54) is 41.9 Å². The van der Waals surface area contributed by atoms with Gasteiger partial charge >= 0.3 is 480 Å². The third-order valence-electron chi connectivity index (χ3n) is 16.2. The summed E-state index contributed by atoms with van der Waals surface area (Å²) in [5, 5.41) is 0. The first-order chi connectivity index (χ1) is 39.7. The van der Waals surface area contributed by atoms with Crippen molar-refractivity contribution in [3.8, 4) is 11.5 Å². The van der Waals surface area contributed by atoms with Crippen LogP contribution in [0, 0.1) is 0 Å². The number of nitrogens with zero attached hydrogens (tertiary/aromatic N) is 6. The Morgan fingerprint density at radius 2 is 0.688 bits per heavy atom. The van der Waals surface area contributed by atoms with Crippen molar-refractivity contribution in [1.82, 2.24) is 4.98 Å². The second-order valence-corrected chi connectivity index (χ2v) is 31.8. The van der Waals surface area contributed by atoms with Crippen molar-refractivity contribution in [2.75, 3.05) is 24.5 Å². The Morgan fingerprint density at radius 1 is 0.287 bits per heavy atom. The van der Waals surface area contributed by atoms with Crippen LogP contribution in [0.1, 0.15) is 0 Å². The second kappa shape index (κ2) is 19.2. The van der Waals surface area contributed by atoms with E-state index in [9.17, 15) is 0 Å². The molecule has 5 heterocycles. The van der Waals surface area contributed by atoms with Gasteiger partial charge in [0.1, 0.15) is 0 Å². The van der Waals surface area contributed by atoms with Gasteiger partial charge in [0.15, 0.2) is 0 Å². The summed E-state index contributed by atoms with van der Waals surface area (Å²) in [4.78, 5) is 18.7. The molecule has 4 aliphatic rings. The summed E-state index contributed by atoms with van der Waals surface area (Å²) in [6.45, 7) is 0. The fourth-order valence-electron chi connectivity index (χ4n) is 12.9. The number of aromatic nitrogens is 1. The van der Waals surface area contributed by atoms with E-state index in [-0.39, 0.29) is 0 Å². The summed E-state index contributed by atoms with van der Waals surface area (Å²) in [6.07, 6.45) is 0. The summed E-state index contributed by atoms with van der Waals surface area (Å²) in [5.41, 5.74) is 15.6. The van der Waals surface area contributed by atoms with Gasteiger partial charge in [0.05, 0.1) is 0 Å². The number of hydrogen-bond donors (Lipinski definition) is 0. The summed E-state index contributed by atoms with van der Waals surface area (Å²) < 4.78 is 15.1. The monoisotopic (exact) mass is 1140 g/mol. The molecule has 0 N–H and O–H groups in total. The van der Waals surface area contributed by atoms with Crippen LogP contribution in [0.25, 0.3) is 0 Å². The molecule has 0 atom stereocenters. The first-order valence-corrected chi connectivity index (χ1v) is 34.6. The topological polar surface area (TPSA) is 38.3 Å². The number of rotatable bonds is 9. The number of pyridine rings is 1. The Labute approximate surface area is 476 Å². The number of hydrogen-bond acceptors (Lipinski definition) is 7. The molecule has 80 heavy (non-hydrogen) atoms. The molecule has 12 aromatic rings. The Morgan fingerprint density at radius 3 is 1.21 bits per heavy atom. The molecular formula is C71H48Ga2N6O. The molecule has 0 saturated heterocycles. The molecule has 1 aromatic heterocycles. The molecule has 0 spiro atoms. The molecule has 9 heteroatoms. The number of ether oxygens (including phenoxy) is 1. The van der Waals surface area contributed by atoms with Gasteiger partial charge in [-0.15, -0.1) is 0 Å². The van der Waals surface area contributed by atoms with Gasteiger partial charge in [-0.25, -0.2) is 0 Å². The number of anilines is 15. The van der Waals surface area contributed by atoms with Crippen molar-refractivity contribution in [2.24, 2.45) is 0 Å². The summed E-state index contributed by atoms with van der Waals surface area (Å²) >= 11 is -6.42. The molecule has 0 unspecified atom stereocenters. The van der Waals surface area contributed by atoms with Gasteiger partial charge in [-0.05, 0) is 0 Å². The Hall–Kier alpha value is -9.36. The van der Waals surface area contributed by atoms with Crippen molar-refractivity contribution in [3.05, 3.63) is 291 Å². The van der Waals surface area contributed by atoms with Crippen LogP contribution in [0.4, 0.5) is 85.4 Å². The predicted octanol–water partition coefficient (Wildman–Crippen LogP) is 14.5. The van der Waals surface area contributed by atoms with Crippen molar-refractivity contribution in [3.63, 3.8) is 0 Å². The fraction of sp³-hybridized carbons (Fsp3) is 0. The van der Waals surface area contributed by atoms with Crippen LogP contribution in [0.15, 0.2) is 291 Å². The Bertz CT molecular complexity index is 4230. The zero-order valence-electron chi connectivity index (χ0n) is 43.5. The van der Waals surface area contributed by atoms with Crippen molar-refractivity contribution in [2.45, 2.75) is 0 Å². The van der Waals surface area contributed by atoms with Crippen LogP contribution in [-0.4, -0.2) is 37.4 Å². The number of benzene rings is 11. The van der Waals surface area contributed by atoms with Gasteiger partial charge < -0.3 is 0 Å². The average Bonchev–Trinajstić information content (AvgIpc) is 3.31. The molecule has 7 nitrogen and oxygen atoms in total. The molecule has 0 aliphatic carbocycles. The van der Waals surface area contributed by atoms with Crippen LogP contribution < -0.4 is 54.1 Å². The minimum absolute atomic E-state index is 0.894. The van der Waals surface area contributed by atoms with Crippen LogP contribution in [0.5, 0.6) is 11.5 Å². The molecular weight excluding hydrogens is 1090 g/mol. The molecule has 0 bridgehead atoms. The van der Waals surface area contributed by atoms with E-state index >= 15 is 0 Å². The van der Waals surface area contributed by atoms with Gasteiger partial charge in [-0.1, -0.05) is 0 Å². The van der Waals surface area contributed by atoms with Gasteiger partial charge in [0, 0.05) is 0 Å². The summed E-state index contributed by atoms with van der Waals surface area (Å²) in [6, 6.07) is 106. The van der Waals surface area contributed by atoms with Crippen molar-refractivity contribution < 1.29 is 4.74 Å². The van der Waals surface area contributed by atoms with Gasteiger partial charge in [-0.2, -0.15) is 0 Å². The predicted molar refractivity (Wildman–Crippen MR) is 333 cm³/mol. The quantitative estimate of drug-likeness (QED) is 0.133. The number of fused-ring (bicyclic) bond motifs is 8. The average molecular weight is 1140 g/mol. The molecule has 4 aliphatic heterocycles. The van der Waals surface area contributed by atoms with E-state index in [4.69, 9.17) is 9.72 Å². The number of para-hydroxylation sites is 9. The first-order valence-electron chi connectivity index (χ1n) is 27.4. The molecule has 16 rings (SSSR count). The zero-order chi connectivity index (χ0) is 52.7. The van der Waals surface area contributed by atoms with Crippen LogP contribution in [0.3, 0.4) is 0 Å². The summed E-state index contributed by atoms with van der Waals surface area (Å²) in [7, 11) is 0. The first kappa shape index (κ1) is 46.7. The molecule has 0 amide bonds. The normalized spacial score (nSPS) is 13.0. The van der Waals surface area contributed by atoms with E-state index in [2.05, 4.69) is 316 Å². The standard InChI is InChI=1S/C71H48N6O.2Ga/c1-10-28-55(29-11-1)73(56-30-12-2-13-31-56)64-48-65(74(57-32-14-3-15-33-57)58-34-16-4-17-35-58)50-66(49-64)77(62-42-24-8-25-43-62)71-47-46-63(54-72-71)76(61-40-22-7-23-41-61)68-51-67(52-70(53-68)78-69-44-26-9-27-45-69)75(59-36-18-5-19-37-59)60-38-20-6-21-39-60;;/h1-34,36-44,46,48-49,51-52H;;. The van der Waals surface area contributed by atoms with Gasteiger partial charge in [-0.3, -0.25) is 0 Å². The van der Waals surface area contributed by atoms with Crippen molar-refractivity contribution >= 4 is 143 Å². The Kier molecular flexibility index (Phi) is 11.2. The third-order valence-corrected chi connectivity index (χ3v) is 29.9. The van der Waals surface area contributed by atoms with Crippen LogP contribution in [-0.2, 0) is 0 Å². The van der Waals surface area contributed by atoms with E-state index in [0.29, 0.717) is 0 Å². The molecule has 374 valence electrons. The maximum atomic E-state index is 7.24. The Balaban J connectivity index is 1.01. The van der Waals surface area contributed by atoms with E-state index < -0.39 is 32.4 Å². The molecule has 0 saturated carbocycles. The van der Waals surface area contributed by atoms with Crippen LogP contribution >= 0.6 is 0 Å². The van der Waals surface area contributed by atoms with Crippen LogP contribution in [0.2, 0.25) is 0 Å². The van der Waals surface area contributed by atoms with Gasteiger partial charge in [0.25, 0.3) is 0 Å². The SMILES string of the molecule is c1ccc(N(c2ccccc2)c2cc3[c]4c(c2)N(c2ccccc2)c2c[c]5c(n[c]2[Ga]4[c]2ccccc2O3)N(c2ccccc2)c2cc(N(c3ccccc3)c3ccccc3)cc3[c]2[Ga]5[c]2ccccc2N3c2ccccc2)cc1. The molecule has 0 radical (unpaired) electrons. The molecule has 0 fully saturated rings. The minimum atomic E-state index is -3.22. The maximum absolute atomic E-state index is 7.24.